The molecular weight excluding hydrogens is 378 g/mol. The number of carbonyl (C=O) groups is 1. The van der Waals surface area contributed by atoms with E-state index in [4.69, 9.17) is 4.74 Å². The number of allylic oxidation sites excluding steroid dienone is 1. The van der Waals surface area contributed by atoms with Crippen LogP contribution in [0, 0.1) is 20.8 Å². The Bertz CT molecular complexity index is 1090. The summed E-state index contributed by atoms with van der Waals surface area (Å²) in [5.74, 6) is 1.61. The zero-order valence-corrected chi connectivity index (χ0v) is 17.6. The van der Waals surface area contributed by atoms with E-state index in [1.807, 2.05) is 45.0 Å². The quantitative estimate of drug-likeness (QED) is 0.532. The molecule has 0 atom stereocenters. The van der Waals surface area contributed by atoms with Crippen molar-refractivity contribution in [1.82, 2.24) is 15.0 Å². The van der Waals surface area contributed by atoms with Gasteiger partial charge < -0.3 is 15.4 Å². The average Bonchev–Trinajstić information content (AvgIpc) is 2.73. The van der Waals surface area contributed by atoms with Gasteiger partial charge >= 0.3 is 0 Å². The number of methoxy groups -OCH3 is 1. The van der Waals surface area contributed by atoms with Crippen LogP contribution in [0.1, 0.15) is 22.3 Å². The first-order valence-electron chi connectivity index (χ1n) is 9.52. The summed E-state index contributed by atoms with van der Waals surface area (Å²) in [4.78, 5) is 25.1. The molecule has 0 radical (unpaired) electrons. The number of nitrogens with one attached hydrogen (secondary N) is 2. The molecule has 2 N–H and O–H groups in total. The molecule has 0 aliphatic carbocycles. The Kier molecular flexibility index (Phi) is 6.41. The summed E-state index contributed by atoms with van der Waals surface area (Å²) in [6.07, 6.45) is 5.05. The number of carbonyl (C=O) groups excluding carboxylic acids is 1. The summed E-state index contributed by atoms with van der Waals surface area (Å²) < 4.78 is 5.15. The molecular formula is C23H25N5O2. The molecule has 2 aromatic heterocycles. The molecule has 0 fully saturated rings. The molecule has 0 saturated carbocycles. The molecule has 7 nitrogen and oxygen atoms in total. The van der Waals surface area contributed by atoms with Gasteiger partial charge in [-0.3, -0.25) is 4.79 Å². The Hall–Kier alpha value is -3.74. The van der Waals surface area contributed by atoms with Crippen LogP contribution in [0.4, 0.5) is 23.1 Å². The van der Waals surface area contributed by atoms with Crippen LogP contribution >= 0.6 is 0 Å². The van der Waals surface area contributed by atoms with Gasteiger partial charge in [0.1, 0.15) is 5.82 Å². The highest BCUT2D eigenvalue weighted by Gasteiger charge is 2.11. The Morgan fingerprint density at radius 1 is 1.07 bits per heavy atom. The van der Waals surface area contributed by atoms with Crippen molar-refractivity contribution in [3.05, 3.63) is 71.6 Å². The molecule has 0 unspecified atom stereocenters. The highest BCUT2D eigenvalue weighted by atomic mass is 16.5. The van der Waals surface area contributed by atoms with Crippen LogP contribution < -0.4 is 15.4 Å². The second-order valence-corrected chi connectivity index (χ2v) is 7.02. The summed E-state index contributed by atoms with van der Waals surface area (Å²) in [5.41, 5.74) is 5.43. The van der Waals surface area contributed by atoms with Crippen LogP contribution in [0.15, 0.2) is 49.3 Å². The standard InChI is InChI=1S/C23H25N5O2/c1-6-18(29)11-17-9-14(2)7-8-19(17)26-22-16(4)12-25-23(28-22)27-20-13-24-21(30-5)10-15(20)3/h6-10,12-13H,1,11H2,2-5H3,(H2,25,26,27,28). The van der Waals surface area contributed by atoms with Crippen LogP contribution in [0.25, 0.3) is 0 Å². The molecule has 154 valence electrons. The number of aryl methyl sites for hydroxylation is 3. The largest absolute Gasteiger partial charge is 0.481 e. The minimum Gasteiger partial charge on any atom is -0.481 e. The van der Waals surface area contributed by atoms with Crippen molar-refractivity contribution in [3.8, 4) is 5.88 Å². The third-order valence-corrected chi connectivity index (χ3v) is 4.62. The minimum atomic E-state index is -0.0344. The number of ether oxygens (including phenoxy) is 1. The van der Waals surface area contributed by atoms with E-state index in [0.29, 0.717) is 17.6 Å². The minimum absolute atomic E-state index is 0.0344. The van der Waals surface area contributed by atoms with Crippen molar-refractivity contribution >= 4 is 28.9 Å². The predicted molar refractivity (Wildman–Crippen MR) is 119 cm³/mol. The molecule has 3 rings (SSSR count). The first-order chi connectivity index (χ1) is 14.4. The number of ketones is 1. The van der Waals surface area contributed by atoms with Gasteiger partial charge in [-0.1, -0.05) is 24.3 Å². The van der Waals surface area contributed by atoms with Gasteiger partial charge in [-0.2, -0.15) is 4.98 Å². The molecule has 1 aromatic carbocycles. The third-order valence-electron chi connectivity index (χ3n) is 4.62. The van der Waals surface area contributed by atoms with E-state index in [9.17, 15) is 4.79 Å². The molecule has 7 heteroatoms. The van der Waals surface area contributed by atoms with Crippen LogP contribution in [-0.2, 0) is 11.2 Å². The summed E-state index contributed by atoms with van der Waals surface area (Å²) in [6, 6.07) is 7.77. The lowest BCUT2D eigenvalue weighted by atomic mass is 10.0. The summed E-state index contributed by atoms with van der Waals surface area (Å²) in [6.45, 7) is 9.44. The van der Waals surface area contributed by atoms with Gasteiger partial charge in [0.25, 0.3) is 0 Å². The smallest absolute Gasteiger partial charge is 0.229 e. The number of aromatic nitrogens is 3. The topological polar surface area (TPSA) is 89.0 Å². The number of hydrogen-bond acceptors (Lipinski definition) is 7. The van der Waals surface area contributed by atoms with Crippen molar-refractivity contribution in [2.45, 2.75) is 27.2 Å². The third kappa shape index (κ3) is 5.00. The fourth-order valence-corrected chi connectivity index (χ4v) is 2.90. The predicted octanol–water partition coefficient (Wildman–Crippen LogP) is 4.59. The molecule has 30 heavy (non-hydrogen) atoms. The maximum Gasteiger partial charge on any atom is 0.229 e. The zero-order valence-electron chi connectivity index (χ0n) is 17.6. The van der Waals surface area contributed by atoms with E-state index in [2.05, 4.69) is 32.2 Å². The number of nitrogens with zero attached hydrogens (tertiary/aromatic N) is 3. The lowest BCUT2D eigenvalue weighted by molar-refractivity contribution is -0.114. The summed E-state index contributed by atoms with van der Waals surface area (Å²) in [7, 11) is 1.58. The molecule has 0 aliphatic heterocycles. The number of anilines is 4. The average molecular weight is 403 g/mol. The number of hydrogen-bond donors (Lipinski definition) is 2. The lowest BCUT2D eigenvalue weighted by Gasteiger charge is -2.15. The Labute approximate surface area is 176 Å². The van der Waals surface area contributed by atoms with Gasteiger partial charge in [0, 0.05) is 29.9 Å². The second kappa shape index (κ2) is 9.17. The van der Waals surface area contributed by atoms with E-state index in [1.165, 1.54) is 6.08 Å². The van der Waals surface area contributed by atoms with Crippen molar-refractivity contribution in [2.75, 3.05) is 17.7 Å². The fraction of sp³-hybridized carbons (Fsp3) is 0.217. The molecule has 2 heterocycles. The van der Waals surface area contributed by atoms with Gasteiger partial charge in [-0.05, 0) is 44.0 Å². The van der Waals surface area contributed by atoms with E-state index in [-0.39, 0.29) is 12.2 Å². The van der Waals surface area contributed by atoms with Crippen molar-refractivity contribution in [1.29, 1.82) is 0 Å². The first-order valence-corrected chi connectivity index (χ1v) is 9.52. The Balaban J connectivity index is 1.88. The number of benzene rings is 1. The lowest BCUT2D eigenvalue weighted by Crippen LogP contribution is -2.07. The van der Waals surface area contributed by atoms with Crippen molar-refractivity contribution < 1.29 is 9.53 Å². The van der Waals surface area contributed by atoms with Gasteiger partial charge in [-0.15, -0.1) is 0 Å². The second-order valence-electron chi connectivity index (χ2n) is 7.02. The van der Waals surface area contributed by atoms with E-state index in [0.717, 1.165) is 33.6 Å². The van der Waals surface area contributed by atoms with Crippen LogP contribution in [0.2, 0.25) is 0 Å². The SMILES string of the molecule is C=CC(=O)Cc1cc(C)ccc1Nc1nc(Nc2cnc(OC)cc2C)ncc1C. The molecule has 0 spiro atoms. The Morgan fingerprint density at radius 2 is 1.87 bits per heavy atom. The summed E-state index contributed by atoms with van der Waals surface area (Å²) in [5, 5.41) is 6.54. The van der Waals surface area contributed by atoms with Crippen LogP contribution in [0.5, 0.6) is 5.88 Å². The van der Waals surface area contributed by atoms with Gasteiger partial charge in [-0.25, -0.2) is 9.97 Å². The number of pyridine rings is 1. The molecule has 0 amide bonds. The Morgan fingerprint density at radius 3 is 2.57 bits per heavy atom. The van der Waals surface area contributed by atoms with E-state index in [1.54, 1.807) is 19.5 Å². The van der Waals surface area contributed by atoms with Crippen molar-refractivity contribution in [3.63, 3.8) is 0 Å². The van der Waals surface area contributed by atoms with Crippen LogP contribution in [0.3, 0.4) is 0 Å². The van der Waals surface area contributed by atoms with Gasteiger partial charge in [0.2, 0.25) is 11.8 Å². The monoisotopic (exact) mass is 403 g/mol. The van der Waals surface area contributed by atoms with Gasteiger partial charge in [0.15, 0.2) is 5.78 Å². The molecule has 0 bridgehead atoms. The fourth-order valence-electron chi connectivity index (χ4n) is 2.90. The molecule has 3 aromatic rings. The van der Waals surface area contributed by atoms with E-state index < -0.39 is 0 Å². The maximum absolute atomic E-state index is 11.9. The summed E-state index contributed by atoms with van der Waals surface area (Å²) >= 11 is 0. The normalized spacial score (nSPS) is 10.4. The maximum atomic E-state index is 11.9. The van der Waals surface area contributed by atoms with Gasteiger partial charge in [0.05, 0.1) is 19.0 Å². The molecule has 0 aliphatic rings. The van der Waals surface area contributed by atoms with E-state index >= 15 is 0 Å². The number of rotatable bonds is 8. The van der Waals surface area contributed by atoms with Crippen LogP contribution in [-0.4, -0.2) is 27.8 Å². The highest BCUT2D eigenvalue weighted by Crippen LogP contribution is 2.26. The molecule has 0 saturated heterocycles. The van der Waals surface area contributed by atoms with Crippen molar-refractivity contribution in [2.24, 2.45) is 0 Å². The first kappa shape index (κ1) is 21.0. The highest BCUT2D eigenvalue weighted by molar-refractivity contribution is 5.92. The zero-order chi connectivity index (χ0) is 21.7.